The molecule has 0 saturated carbocycles. The number of rotatable bonds is 7. The van der Waals surface area contributed by atoms with Crippen LogP contribution < -0.4 is 10.6 Å². The Morgan fingerprint density at radius 3 is 2.25 bits per heavy atom. The van der Waals surface area contributed by atoms with Gasteiger partial charge in [0.1, 0.15) is 0 Å². The summed E-state index contributed by atoms with van der Waals surface area (Å²) >= 11 is 7.07. The van der Waals surface area contributed by atoms with E-state index in [1.54, 1.807) is 24.3 Å². The van der Waals surface area contributed by atoms with Crippen molar-refractivity contribution in [3.63, 3.8) is 0 Å². The van der Waals surface area contributed by atoms with Crippen molar-refractivity contribution >= 4 is 40.9 Å². The van der Waals surface area contributed by atoms with E-state index in [1.807, 2.05) is 31.2 Å². The van der Waals surface area contributed by atoms with Gasteiger partial charge in [-0.3, -0.25) is 9.59 Å². The molecule has 2 amide bonds. The predicted molar refractivity (Wildman–Crippen MR) is 100 cm³/mol. The van der Waals surface area contributed by atoms with Gasteiger partial charge in [-0.1, -0.05) is 41.4 Å². The minimum Gasteiger partial charge on any atom is -0.351 e. The van der Waals surface area contributed by atoms with E-state index in [0.717, 1.165) is 5.56 Å². The Bertz CT molecular complexity index is 687. The van der Waals surface area contributed by atoms with Gasteiger partial charge in [0.2, 0.25) is 11.8 Å². The van der Waals surface area contributed by atoms with Crippen molar-refractivity contribution in [3.8, 4) is 0 Å². The number of anilines is 1. The first-order valence-corrected chi connectivity index (χ1v) is 9.01. The fourth-order valence-electron chi connectivity index (χ4n) is 1.92. The molecule has 6 heteroatoms. The summed E-state index contributed by atoms with van der Waals surface area (Å²) in [5.74, 6) is 0.244. The molecule has 2 rings (SSSR count). The Morgan fingerprint density at radius 1 is 0.958 bits per heavy atom. The van der Waals surface area contributed by atoms with Crippen LogP contribution in [-0.4, -0.2) is 23.3 Å². The Labute approximate surface area is 151 Å². The lowest BCUT2D eigenvalue weighted by molar-refractivity contribution is -0.118. The normalized spacial score (nSPS) is 10.2. The molecule has 2 aromatic carbocycles. The monoisotopic (exact) mass is 362 g/mol. The Morgan fingerprint density at radius 2 is 1.58 bits per heavy atom. The fourth-order valence-corrected chi connectivity index (χ4v) is 2.70. The van der Waals surface area contributed by atoms with Crippen molar-refractivity contribution in [2.75, 3.05) is 16.8 Å². The average molecular weight is 363 g/mol. The first-order valence-electron chi connectivity index (χ1n) is 7.48. The zero-order valence-electron chi connectivity index (χ0n) is 13.3. The lowest BCUT2D eigenvalue weighted by Crippen LogP contribution is -2.25. The molecule has 0 saturated heterocycles. The largest absolute Gasteiger partial charge is 0.351 e. The van der Waals surface area contributed by atoms with Crippen LogP contribution in [0.4, 0.5) is 5.69 Å². The highest BCUT2D eigenvalue weighted by molar-refractivity contribution is 8.00. The lowest BCUT2D eigenvalue weighted by Gasteiger charge is -2.07. The second-order valence-electron chi connectivity index (χ2n) is 5.31. The van der Waals surface area contributed by atoms with Crippen LogP contribution in [0.1, 0.15) is 11.1 Å². The van der Waals surface area contributed by atoms with Crippen LogP contribution in [0.5, 0.6) is 0 Å². The van der Waals surface area contributed by atoms with Gasteiger partial charge >= 0.3 is 0 Å². The fraction of sp³-hybridized carbons (Fsp3) is 0.222. The summed E-state index contributed by atoms with van der Waals surface area (Å²) < 4.78 is 0. The number of nitrogens with one attached hydrogen (secondary N) is 2. The zero-order chi connectivity index (χ0) is 17.4. The maximum absolute atomic E-state index is 11.8. The lowest BCUT2D eigenvalue weighted by atomic mass is 10.1. The third-order valence-corrected chi connectivity index (χ3v) is 4.39. The van der Waals surface area contributed by atoms with Crippen molar-refractivity contribution in [2.24, 2.45) is 0 Å². The van der Waals surface area contributed by atoms with Gasteiger partial charge in [-0.15, -0.1) is 11.8 Å². The molecule has 2 aromatic rings. The van der Waals surface area contributed by atoms with Gasteiger partial charge in [-0.05, 0) is 36.8 Å². The molecule has 0 radical (unpaired) electrons. The SMILES string of the molecule is Cc1ccc(CNC(=O)CSCC(=O)Nc2ccc(Cl)cc2)cc1. The molecule has 0 aliphatic heterocycles. The van der Waals surface area contributed by atoms with Gasteiger partial charge in [0.25, 0.3) is 0 Å². The molecular weight excluding hydrogens is 344 g/mol. The molecule has 0 spiro atoms. The van der Waals surface area contributed by atoms with Gasteiger partial charge in [0.05, 0.1) is 11.5 Å². The number of amides is 2. The molecule has 2 N–H and O–H groups in total. The summed E-state index contributed by atoms with van der Waals surface area (Å²) in [6, 6.07) is 14.9. The Balaban J connectivity index is 1.63. The van der Waals surface area contributed by atoms with Crippen molar-refractivity contribution in [1.82, 2.24) is 5.32 Å². The van der Waals surface area contributed by atoms with Crippen molar-refractivity contribution < 1.29 is 9.59 Å². The van der Waals surface area contributed by atoms with Crippen LogP contribution in [0.25, 0.3) is 0 Å². The highest BCUT2D eigenvalue weighted by Crippen LogP contribution is 2.13. The predicted octanol–water partition coefficient (Wildman–Crippen LogP) is 3.64. The third-order valence-electron chi connectivity index (χ3n) is 3.20. The molecule has 0 aliphatic carbocycles. The summed E-state index contributed by atoms with van der Waals surface area (Å²) in [4.78, 5) is 23.6. The number of benzene rings is 2. The minimum absolute atomic E-state index is 0.0835. The topological polar surface area (TPSA) is 58.2 Å². The first-order chi connectivity index (χ1) is 11.5. The molecular formula is C18H19ClN2O2S. The van der Waals surface area contributed by atoms with Gasteiger partial charge in [0, 0.05) is 17.3 Å². The summed E-state index contributed by atoms with van der Waals surface area (Å²) in [7, 11) is 0. The van der Waals surface area contributed by atoms with E-state index in [-0.39, 0.29) is 23.3 Å². The number of halogens is 1. The first kappa shape index (κ1) is 18.4. The van der Waals surface area contributed by atoms with Gasteiger partial charge < -0.3 is 10.6 Å². The molecule has 0 aromatic heterocycles. The van der Waals surface area contributed by atoms with E-state index >= 15 is 0 Å². The Hall–Kier alpha value is -1.98. The average Bonchev–Trinajstić information content (AvgIpc) is 2.56. The Kier molecular flexibility index (Phi) is 7.15. The van der Waals surface area contributed by atoms with E-state index in [4.69, 9.17) is 11.6 Å². The van der Waals surface area contributed by atoms with Crippen molar-refractivity contribution in [3.05, 3.63) is 64.7 Å². The minimum atomic E-state index is -0.145. The highest BCUT2D eigenvalue weighted by Gasteiger charge is 2.06. The van der Waals surface area contributed by atoms with Crippen LogP contribution in [0.15, 0.2) is 48.5 Å². The van der Waals surface area contributed by atoms with Crippen LogP contribution in [0.2, 0.25) is 5.02 Å². The number of carbonyl (C=O) groups excluding carboxylic acids is 2. The van der Waals surface area contributed by atoms with E-state index in [1.165, 1.54) is 17.3 Å². The molecule has 0 atom stereocenters. The molecule has 24 heavy (non-hydrogen) atoms. The highest BCUT2D eigenvalue weighted by atomic mass is 35.5. The molecule has 126 valence electrons. The summed E-state index contributed by atoms with van der Waals surface area (Å²) in [6.45, 7) is 2.52. The zero-order valence-corrected chi connectivity index (χ0v) is 14.9. The maximum Gasteiger partial charge on any atom is 0.234 e. The summed E-state index contributed by atoms with van der Waals surface area (Å²) in [5, 5.41) is 6.22. The van der Waals surface area contributed by atoms with Crippen LogP contribution in [0.3, 0.4) is 0 Å². The molecule has 0 unspecified atom stereocenters. The van der Waals surface area contributed by atoms with Crippen LogP contribution in [0, 0.1) is 6.92 Å². The summed E-state index contributed by atoms with van der Waals surface area (Å²) in [6.07, 6.45) is 0. The smallest absolute Gasteiger partial charge is 0.234 e. The summed E-state index contributed by atoms with van der Waals surface area (Å²) in [5.41, 5.74) is 2.93. The standard InChI is InChI=1S/C18H19ClN2O2S/c1-13-2-4-14(5-3-13)10-20-17(22)11-24-12-18(23)21-16-8-6-15(19)7-9-16/h2-9H,10-12H2,1H3,(H,20,22)(H,21,23). The quantitative estimate of drug-likeness (QED) is 0.790. The van der Waals surface area contributed by atoms with Crippen LogP contribution >= 0.6 is 23.4 Å². The van der Waals surface area contributed by atoms with Gasteiger partial charge in [0.15, 0.2) is 0 Å². The third kappa shape index (κ3) is 6.64. The van der Waals surface area contributed by atoms with Crippen LogP contribution in [-0.2, 0) is 16.1 Å². The molecule has 4 nitrogen and oxygen atoms in total. The van der Waals surface area contributed by atoms with Crippen molar-refractivity contribution in [1.29, 1.82) is 0 Å². The second-order valence-corrected chi connectivity index (χ2v) is 6.73. The number of hydrogen-bond acceptors (Lipinski definition) is 3. The van der Waals surface area contributed by atoms with E-state index < -0.39 is 0 Å². The number of hydrogen-bond donors (Lipinski definition) is 2. The molecule has 0 fully saturated rings. The van der Waals surface area contributed by atoms with E-state index in [2.05, 4.69) is 10.6 Å². The second kappa shape index (κ2) is 9.35. The maximum atomic E-state index is 11.8. The molecule has 0 heterocycles. The number of thioether (sulfide) groups is 1. The van der Waals surface area contributed by atoms with Crippen molar-refractivity contribution in [2.45, 2.75) is 13.5 Å². The van der Waals surface area contributed by atoms with E-state index in [0.29, 0.717) is 17.3 Å². The number of aryl methyl sites for hydroxylation is 1. The molecule has 0 aliphatic rings. The number of carbonyl (C=O) groups is 2. The van der Waals surface area contributed by atoms with Gasteiger partial charge in [-0.2, -0.15) is 0 Å². The molecule has 0 bridgehead atoms. The van der Waals surface area contributed by atoms with Gasteiger partial charge in [-0.25, -0.2) is 0 Å². The van der Waals surface area contributed by atoms with E-state index in [9.17, 15) is 9.59 Å².